The molecule has 0 spiro atoms. The highest BCUT2D eigenvalue weighted by atomic mass is 127. The molecule has 0 amide bonds. The number of hydrogen-bond acceptors (Lipinski definition) is 4. The van der Waals surface area contributed by atoms with E-state index in [1.807, 2.05) is 13.8 Å². The number of guanidine groups is 1. The van der Waals surface area contributed by atoms with Gasteiger partial charge in [-0.25, -0.2) is 18.1 Å². The van der Waals surface area contributed by atoms with Crippen LogP contribution in [-0.2, 0) is 21.3 Å². The Labute approximate surface area is 173 Å². The Morgan fingerprint density at radius 3 is 2.62 bits per heavy atom. The monoisotopic (exact) mass is 496 g/mol. The van der Waals surface area contributed by atoms with E-state index in [9.17, 15) is 8.42 Å². The van der Waals surface area contributed by atoms with Crippen molar-refractivity contribution in [3.05, 3.63) is 29.8 Å². The Bertz CT molecular complexity index is 672. The summed E-state index contributed by atoms with van der Waals surface area (Å²) < 4.78 is 32.4. The normalized spacial score (nSPS) is 18.0. The highest BCUT2D eigenvalue weighted by Crippen LogP contribution is 2.12. The van der Waals surface area contributed by atoms with Crippen LogP contribution in [0.5, 0.6) is 0 Å². The summed E-state index contributed by atoms with van der Waals surface area (Å²) in [5.41, 5.74) is 6.74. The van der Waals surface area contributed by atoms with Crippen molar-refractivity contribution in [1.29, 1.82) is 0 Å². The molecule has 0 saturated carbocycles. The first-order chi connectivity index (χ1) is 11.9. The number of ether oxygens (including phenoxy) is 1. The van der Waals surface area contributed by atoms with Gasteiger partial charge in [-0.05, 0) is 36.5 Å². The molecule has 1 heterocycles. The van der Waals surface area contributed by atoms with Crippen molar-refractivity contribution in [2.75, 3.05) is 19.7 Å². The molecule has 148 valence electrons. The van der Waals surface area contributed by atoms with Crippen molar-refractivity contribution < 1.29 is 13.2 Å². The average molecular weight is 496 g/mol. The number of nitrogens with zero attached hydrogens (tertiary/aromatic N) is 1. The van der Waals surface area contributed by atoms with Gasteiger partial charge in [0.1, 0.15) is 0 Å². The van der Waals surface area contributed by atoms with Gasteiger partial charge in [0.15, 0.2) is 5.96 Å². The maximum atomic E-state index is 12.1. The van der Waals surface area contributed by atoms with Gasteiger partial charge in [-0.2, -0.15) is 0 Å². The van der Waals surface area contributed by atoms with Gasteiger partial charge >= 0.3 is 0 Å². The van der Waals surface area contributed by atoms with E-state index < -0.39 is 10.0 Å². The van der Waals surface area contributed by atoms with Gasteiger partial charge in [0.05, 0.1) is 17.5 Å². The minimum absolute atomic E-state index is 0. The molecule has 1 unspecified atom stereocenters. The molecule has 1 aliphatic heterocycles. The van der Waals surface area contributed by atoms with E-state index in [1.54, 1.807) is 24.3 Å². The smallest absolute Gasteiger partial charge is 0.240 e. The summed E-state index contributed by atoms with van der Waals surface area (Å²) in [5, 5.41) is 3.05. The minimum atomic E-state index is -3.46. The van der Waals surface area contributed by atoms with Crippen LogP contribution in [0, 0.1) is 5.92 Å². The van der Waals surface area contributed by atoms with Gasteiger partial charge in [0.25, 0.3) is 0 Å². The first-order valence-corrected chi connectivity index (χ1v) is 10.1. The Hall–Kier alpha value is -0.910. The predicted octanol–water partition coefficient (Wildman–Crippen LogP) is 1.82. The fraction of sp³-hybridized carbons (Fsp3) is 0.588. The summed E-state index contributed by atoms with van der Waals surface area (Å²) in [7, 11) is -3.46. The van der Waals surface area contributed by atoms with E-state index in [0.29, 0.717) is 25.6 Å². The van der Waals surface area contributed by atoms with Gasteiger partial charge in [-0.1, -0.05) is 26.0 Å². The molecule has 1 fully saturated rings. The van der Waals surface area contributed by atoms with Gasteiger partial charge in [-0.15, -0.1) is 24.0 Å². The second-order valence-electron chi connectivity index (χ2n) is 6.61. The highest BCUT2D eigenvalue weighted by molar-refractivity contribution is 14.0. The van der Waals surface area contributed by atoms with Crippen LogP contribution in [-0.4, -0.2) is 40.2 Å². The third kappa shape index (κ3) is 7.77. The second-order valence-corrected chi connectivity index (χ2v) is 8.37. The number of nitrogens with one attached hydrogen (secondary N) is 2. The molecule has 1 aromatic carbocycles. The van der Waals surface area contributed by atoms with Crippen LogP contribution < -0.4 is 15.8 Å². The van der Waals surface area contributed by atoms with Crippen LogP contribution in [0.3, 0.4) is 0 Å². The first kappa shape index (κ1) is 23.1. The molecule has 2 rings (SSSR count). The molecule has 7 nitrogen and oxygen atoms in total. The Balaban J connectivity index is 0.00000338. The van der Waals surface area contributed by atoms with E-state index in [1.165, 1.54) is 0 Å². The number of halogens is 1. The molecule has 1 aliphatic rings. The molecule has 0 aliphatic carbocycles. The van der Waals surface area contributed by atoms with Crippen molar-refractivity contribution in [1.82, 2.24) is 10.0 Å². The largest absolute Gasteiger partial charge is 0.376 e. The highest BCUT2D eigenvalue weighted by Gasteiger charge is 2.15. The lowest BCUT2D eigenvalue weighted by atomic mass is 10.2. The summed E-state index contributed by atoms with van der Waals surface area (Å²) >= 11 is 0. The third-order valence-corrected chi connectivity index (χ3v) is 5.32. The number of nitrogens with two attached hydrogens (primary N) is 1. The van der Waals surface area contributed by atoms with E-state index in [-0.39, 0.29) is 40.9 Å². The zero-order chi connectivity index (χ0) is 18.3. The topological polar surface area (TPSA) is 106 Å². The second kappa shape index (κ2) is 11.1. The molecular formula is C17H29IN4O3S. The van der Waals surface area contributed by atoms with Crippen LogP contribution in [0.25, 0.3) is 0 Å². The quantitative estimate of drug-likeness (QED) is 0.289. The van der Waals surface area contributed by atoms with E-state index in [0.717, 1.165) is 25.0 Å². The standard InChI is InChI=1S/C17H28N4O3S.HI/c1-13(2)10-21-25(22,23)16-7-5-14(6-8-16)11-19-17(18)20-12-15-4-3-9-24-15;/h5-8,13,15,21H,3-4,9-12H2,1-2H3,(H3,18,19,20);1H. The van der Waals surface area contributed by atoms with Crippen molar-refractivity contribution in [3.8, 4) is 0 Å². The van der Waals surface area contributed by atoms with Crippen LogP contribution >= 0.6 is 24.0 Å². The van der Waals surface area contributed by atoms with E-state index in [2.05, 4.69) is 15.0 Å². The lowest BCUT2D eigenvalue weighted by Crippen LogP contribution is -2.37. The van der Waals surface area contributed by atoms with Crippen molar-refractivity contribution in [2.45, 2.75) is 44.2 Å². The molecule has 26 heavy (non-hydrogen) atoms. The summed E-state index contributed by atoms with van der Waals surface area (Å²) in [6.07, 6.45) is 2.34. The SMILES string of the molecule is CC(C)CNS(=O)(=O)c1ccc(CN=C(N)NCC2CCCO2)cc1.I. The number of hydrogen-bond donors (Lipinski definition) is 3. The lowest BCUT2D eigenvalue weighted by molar-refractivity contribution is 0.114. The minimum Gasteiger partial charge on any atom is -0.376 e. The van der Waals surface area contributed by atoms with Gasteiger partial charge in [0, 0.05) is 19.7 Å². The molecule has 0 radical (unpaired) electrons. The van der Waals surface area contributed by atoms with E-state index in [4.69, 9.17) is 10.5 Å². The summed E-state index contributed by atoms with van der Waals surface area (Å²) in [6, 6.07) is 6.68. The maximum Gasteiger partial charge on any atom is 0.240 e. The van der Waals surface area contributed by atoms with Crippen LogP contribution in [0.1, 0.15) is 32.3 Å². The number of aliphatic imine (C=N–C) groups is 1. The van der Waals surface area contributed by atoms with Gasteiger partial charge < -0.3 is 15.8 Å². The maximum absolute atomic E-state index is 12.1. The zero-order valence-electron chi connectivity index (χ0n) is 15.3. The Morgan fingerprint density at radius 2 is 2.04 bits per heavy atom. The van der Waals surface area contributed by atoms with Crippen molar-refractivity contribution in [2.24, 2.45) is 16.6 Å². The summed E-state index contributed by atoms with van der Waals surface area (Å²) in [6.45, 7) is 6.20. The Kier molecular flexibility index (Phi) is 9.83. The molecule has 0 bridgehead atoms. The van der Waals surface area contributed by atoms with Crippen LogP contribution in [0.2, 0.25) is 0 Å². The van der Waals surface area contributed by atoms with Crippen LogP contribution in [0.15, 0.2) is 34.2 Å². The molecular weight excluding hydrogens is 467 g/mol. The van der Waals surface area contributed by atoms with Crippen molar-refractivity contribution in [3.63, 3.8) is 0 Å². The van der Waals surface area contributed by atoms with Gasteiger partial charge in [-0.3, -0.25) is 0 Å². The third-order valence-electron chi connectivity index (χ3n) is 3.88. The fourth-order valence-electron chi connectivity index (χ4n) is 2.39. The van der Waals surface area contributed by atoms with Gasteiger partial charge in [0.2, 0.25) is 10.0 Å². The Morgan fingerprint density at radius 1 is 1.35 bits per heavy atom. The molecule has 4 N–H and O–H groups in total. The van der Waals surface area contributed by atoms with Crippen molar-refractivity contribution >= 4 is 40.0 Å². The van der Waals surface area contributed by atoms with E-state index >= 15 is 0 Å². The lowest BCUT2D eigenvalue weighted by Gasteiger charge is -2.11. The molecule has 1 saturated heterocycles. The molecule has 9 heteroatoms. The number of benzene rings is 1. The number of sulfonamides is 1. The zero-order valence-corrected chi connectivity index (χ0v) is 18.4. The number of rotatable bonds is 8. The van der Waals surface area contributed by atoms with Crippen LogP contribution in [0.4, 0.5) is 0 Å². The molecule has 0 aromatic heterocycles. The molecule has 1 atom stereocenters. The average Bonchev–Trinajstić information content (AvgIpc) is 3.10. The fourth-order valence-corrected chi connectivity index (χ4v) is 3.60. The summed E-state index contributed by atoms with van der Waals surface area (Å²) in [4.78, 5) is 4.52. The first-order valence-electron chi connectivity index (χ1n) is 8.61. The summed E-state index contributed by atoms with van der Waals surface area (Å²) in [5.74, 6) is 0.624. The predicted molar refractivity (Wildman–Crippen MR) is 114 cm³/mol. The molecule has 1 aromatic rings.